The first-order valence-corrected chi connectivity index (χ1v) is 9.70. The van der Waals surface area contributed by atoms with E-state index in [0.717, 1.165) is 0 Å². The zero-order valence-corrected chi connectivity index (χ0v) is 16.1. The lowest BCUT2D eigenvalue weighted by atomic mass is 10.3. The topological polar surface area (TPSA) is 117 Å². The van der Waals surface area contributed by atoms with Gasteiger partial charge < -0.3 is 15.1 Å². The van der Waals surface area contributed by atoms with Crippen molar-refractivity contribution in [2.75, 3.05) is 10.6 Å². The van der Waals surface area contributed by atoms with Crippen LogP contribution in [-0.4, -0.2) is 27.0 Å². The van der Waals surface area contributed by atoms with Crippen molar-refractivity contribution in [2.24, 2.45) is 0 Å². The smallest absolute Gasteiger partial charge is 0.292 e. The normalized spacial score (nSPS) is 10.8. The number of carbonyl (C=O) groups excluding carboxylic acids is 2. The molecule has 0 saturated heterocycles. The molecule has 27 heavy (non-hydrogen) atoms. The second-order valence-corrected chi connectivity index (χ2v) is 8.14. The number of furan rings is 1. The van der Waals surface area contributed by atoms with E-state index in [9.17, 15) is 14.4 Å². The summed E-state index contributed by atoms with van der Waals surface area (Å²) in [5, 5.41) is 7.29. The van der Waals surface area contributed by atoms with Gasteiger partial charge in [0.15, 0.2) is 22.4 Å². The van der Waals surface area contributed by atoms with E-state index in [2.05, 4.69) is 20.6 Å². The van der Waals surface area contributed by atoms with Crippen molar-refractivity contribution in [3.63, 3.8) is 0 Å². The van der Waals surface area contributed by atoms with Gasteiger partial charge in [0.05, 0.1) is 11.1 Å². The minimum atomic E-state index is -0.579. The van der Waals surface area contributed by atoms with Gasteiger partial charge in [-0.25, -0.2) is 4.98 Å². The lowest BCUT2D eigenvalue weighted by Crippen LogP contribution is -2.25. The fourth-order valence-electron chi connectivity index (χ4n) is 2.10. The summed E-state index contributed by atoms with van der Waals surface area (Å²) in [6, 6.07) is 6.41. The van der Waals surface area contributed by atoms with E-state index < -0.39 is 17.4 Å². The number of amides is 2. The summed E-state index contributed by atoms with van der Waals surface area (Å²) in [4.78, 5) is 44.5. The number of rotatable bonds is 6. The molecular formula is C17H16N4O4S2. The Kier molecular flexibility index (Phi) is 5.77. The van der Waals surface area contributed by atoms with E-state index in [1.807, 2.05) is 13.8 Å². The molecule has 0 fully saturated rings. The lowest BCUT2D eigenvalue weighted by Gasteiger charge is -2.12. The van der Waals surface area contributed by atoms with Crippen LogP contribution in [0.4, 0.5) is 11.5 Å². The predicted molar refractivity (Wildman–Crippen MR) is 105 cm³/mol. The molecule has 3 aromatic rings. The number of thiophene rings is 1. The molecule has 3 aromatic heterocycles. The predicted octanol–water partition coefficient (Wildman–Crippen LogP) is 3.43. The first-order chi connectivity index (χ1) is 12.9. The molecule has 0 unspecified atom stereocenters. The highest BCUT2D eigenvalue weighted by Crippen LogP contribution is 2.23. The molecular weight excluding hydrogens is 388 g/mol. The highest BCUT2D eigenvalue weighted by atomic mass is 32.2. The third kappa shape index (κ3) is 4.66. The lowest BCUT2D eigenvalue weighted by molar-refractivity contribution is 0.0993. The number of H-pyrrole nitrogens is 1. The van der Waals surface area contributed by atoms with Crippen LogP contribution < -0.4 is 16.2 Å². The summed E-state index contributed by atoms with van der Waals surface area (Å²) in [7, 11) is 0. The van der Waals surface area contributed by atoms with Crippen LogP contribution in [0.2, 0.25) is 0 Å². The van der Waals surface area contributed by atoms with E-state index in [-0.39, 0.29) is 22.5 Å². The molecule has 8 nitrogen and oxygen atoms in total. The average molecular weight is 404 g/mol. The summed E-state index contributed by atoms with van der Waals surface area (Å²) in [5.74, 6) is -1.03. The van der Waals surface area contributed by atoms with Crippen molar-refractivity contribution >= 4 is 46.4 Å². The van der Waals surface area contributed by atoms with Crippen molar-refractivity contribution in [1.29, 1.82) is 0 Å². The Labute approximate surface area is 162 Å². The number of thioether (sulfide) groups is 1. The number of nitrogens with zero attached hydrogens (tertiary/aromatic N) is 1. The molecule has 10 heteroatoms. The summed E-state index contributed by atoms with van der Waals surface area (Å²) in [6.07, 6.45) is 1.36. The molecule has 3 rings (SSSR count). The Bertz CT molecular complexity index is 995. The van der Waals surface area contributed by atoms with Gasteiger partial charge in [-0.05, 0) is 23.6 Å². The van der Waals surface area contributed by atoms with Crippen LogP contribution in [0.1, 0.15) is 34.1 Å². The van der Waals surface area contributed by atoms with Crippen molar-refractivity contribution in [3.8, 4) is 0 Å². The van der Waals surface area contributed by atoms with Crippen molar-refractivity contribution < 1.29 is 14.0 Å². The quantitative estimate of drug-likeness (QED) is 0.428. The van der Waals surface area contributed by atoms with E-state index in [1.165, 1.54) is 35.4 Å². The van der Waals surface area contributed by atoms with Crippen LogP contribution in [0.5, 0.6) is 0 Å². The average Bonchev–Trinajstić information content (AvgIpc) is 3.30. The first-order valence-electron chi connectivity index (χ1n) is 7.94. The van der Waals surface area contributed by atoms with E-state index in [4.69, 9.17) is 4.42 Å². The molecule has 2 amide bonds. The fraction of sp³-hybridized carbons (Fsp3) is 0.176. The van der Waals surface area contributed by atoms with Gasteiger partial charge in [-0.1, -0.05) is 31.7 Å². The molecule has 140 valence electrons. The Hall–Kier alpha value is -2.85. The number of aromatic amines is 1. The zero-order valence-electron chi connectivity index (χ0n) is 14.4. The number of anilines is 2. The van der Waals surface area contributed by atoms with Gasteiger partial charge in [-0.2, -0.15) is 0 Å². The summed E-state index contributed by atoms with van der Waals surface area (Å²) in [6.45, 7) is 3.89. The third-order valence-corrected chi connectivity index (χ3v) is 4.96. The van der Waals surface area contributed by atoms with Crippen LogP contribution in [-0.2, 0) is 0 Å². The molecule has 0 atom stereocenters. The molecule has 0 aliphatic rings. The minimum Gasteiger partial charge on any atom is -0.459 e. The summed E-state index contributed by atoms with van der Waals surface area (Å²) < 4.78 is 5.06. The Morgan fingerprint density at radius 2 is 2.04 bits per heavy atom. The van der Waals surface area contributed by atoms with Crippen LogP contribution in [0, 0.1) is 0 Å². The standard InChI is InChI=1S/C17H16N4O4S2/c1-9(2)27-17-20-13(19-14(22)10-5-3-7-25-10)12(16(24)21-17)18-15(23)11-6-4-8-26-11/h3-9H,1-2H3,(H,18,23)(H2,19,20,21,22,24). The highest BCUT2D eigenvalue weighted by Gasteiger charge is 2.20. The highest BCUT2D eigenvalue weighted by molar-refractivity contribution is 7.99. The second-order valence-electron chi connectivity index (χ2n) is 5.62. The van der Waals surface area contributed by atoms with Crippen molar-refractivity contribution in [3.05, 3.63) is 56.9 Å². The number of hydrogen-bond acceptors (Lipinski definition) is 7. The van der Waals surface area contributed by atoms with Gasteiger partial charge in [-0.15, -0.1) is 11.3 Å². The molecule has 0 aliphatic carbocycles. The summed E-state index contributed by atoms with van der Waals surface area (Å²) in [5.41, 5.74) is -0.700. The maximum atomic E-state index is 12.5. The maximum absolute atomic E-state index is 12.5. The Balaban J connectivity index is 1.95. The molecule has 0 spiro atoms. The van der Waals surface area contributed by atoms with Crippen LogP contribution >= 0.6 is 23.1 Å². The molecule has 0 saturated carbocycles. The van der Waals surface area contributed by atoms with Gasteiger partial charge in [0, 0.05) is 5.25 Å². The monoisotopic (exact) mass is 404 g/mol. The maximum Gasteiger partial charge on any atom is 0.292 e. The van der Waals surface area contributed by atoms with Gasteiger partial charge in [0.1, 0.15) is 0 Å². The van der Waals surface area contributed by atoms with Crippen LogP contribution in [0.25, 0.3) is 0 Å². The molecule has 0 aromatic carbocycles. The minimum absolute atomic E-state index is 0.0480. The van der Waals surface area contributed by atoms with E-state index in [1.54, 1.807) is 23.6 Å². The SMILES string of the molecule is CC(C)Sc1nc(NC(=O)c2ccco2)c(NC(=O)c2cccs2)c(=O)[nH]1. The van der Waals surface area contributed by atoms with Gasteiger partial charge >= 0.3 is 0 Å². The van der Waals surface area contributed by atoms with Gasteiger partial charge in [-0.3, -0.25) is 19.4 Å². The Morgan fingerprint density at radius 3 is 2.67 bits per heavy atom. The van der Waals surface area contributed by atoms with Gasteiger partial charge in [0.2, 0.25) is 0 Å². The number of aromatic nitrogens is 2. The molecule has 3 heterocycles. The van der Waals surface area contributed by atoms with Gasteiger partial charge in [0.25, 0.3) is 17.4 Å². The number of nitrogens with one attached hydrogen (secondary N) is 3. The van der Waals surface area contributed by atoms with Crippen molar-refractivity contribution in [1.82, 2.24) is 9.97 Å². The Morgan fingerprint density at radius 1 is 1.22 bits per heavy atom. The molecule has 0 aliphatic heterocycles. The van der Waals surface area contributed by atoms with Crippen molar-refractivity contribution in [2.45, 2.75) is 24.3 Å². The molecule has 3 N–H and O–H groups in total. The van der Waals surface area contributed by atoms with E-state index >= 15 is 0 Å². The number of carbonyl (C=O) groups is 2. The van der Waals surface area contributed by atoms with Crippen LogP contribution in [0.3, 0.4) is 0 Å². The zero-order chi connectivity index (χ0) is 19.4. The first kappa shape index (κ1) is 18.9. The third-order valence-electron chi connectivity index (χ3n) is 3.21. The van der Waals surface area contributed by atoms with Crippen LogP contribution in [0.15, 0.2) is 50.3 Å². The molecule has 0 bridgehead atoms. The molecule has 0 radical (unpaired) electrons. The number of hydrogen-bond donors (Lipinski definition) is 3. The fourth-order valence-corrected chi connectivity index (χ4v) is 3.46. The van der Waals surface area contributed by atoms with E-state index in [0.29, 0.717) is 10.0 Å². The summed E-state index contributed by atoms with van der Waals surface area (Å²) >= 11 is 2.56. The second kappa shape index (κ2) is 8.23. The largest absolute Gasteiger partial charge is 0.459 e.